The van der Waals surface area contributed by atoms with Gasteiger partial charge in [-0.25, -0.2) is 9.37 Å². The summed E-state index contributed by atoms with van der Waals surface area (Å²) in [6, 6.07) is 5.67. The van der Waals surface area contributed by atoms with Gasteiger partial charge in [-0.05, 0) is 31.5 Å². The minimum Gasteiger partial charge on any atom is -0.325 e. The van der Waals surface area contributed by atoms with Crippen molar-refractivity contribution in [1.29, 1.82) is 5.26 Å². The van der Waals surface area contributed by atoms with Crippen molar-refractivity contribution in [3.63, 3.8) is 0 Å². The third-order valence-electron chi connectivity index (χ3n) is 3.31. The van der Waals surface area contributed by atoms with Gasteiger partial charge in [0.05, 0.1) is 18.1 Å². The highest BCUT2D eigenvalue weighted by Crippen LogP contribution is 2.18. The molecule has 1 aromatic heterocycles. The molecule has 2 rings (SSSR count). The second kappa shape index (κ2) is 5.66. The Balaban J connectivity index is 2.42. The molecule has 0 fully saturated rings. The third kappa shape index (κ3) is 2.45. The van der Waals surface area contributed by atoms with Crippen molar-refractivity contribution in [2.45, 2.75) is 26.3 Å². The summed E-state index contributed by atoms with van der Waals surface area (Å²) in [5.74, 6) is -0.890. The zero-order valence-electron chi connectivity index (χ0n) is 11.3. The number of benzene rings is 1. The Morgan fingerprint density at radius 3 is 2.95 bits per heavy atom. The van der Waals surface area contributed by atoms with Crippen LogP contribution < -0.4 is 0 Å². The highest BCUT2D eigenvalue weighted by atomic mass is 19.1. The minimum absolute atomic E-state index is 0.134. The number of halogens is 1. The molecule has 0 aliphatic rings. The lowest BCUT2D eigenvalue weighted by atomic mass is 10.0. The molecular formula is C15H14FN3O. The molecule has 1 unspecified atom stereocenters. The van der Waals surface area contributed by atoms with Gasteiger partial charge in [0.15, 0.2) is 0 Å². The SMILES string of the molecule is CCC(C)n1cncc1C(=O)c1ccc(F)c(C#N)c1. The van der Waals surface area contributed by atoms with E-state index in [4.69, 9.17) is 5.26 Å². The number of hydrogen-bond acceptors (Lipinski definition) is 3. The summed E-state index contributed by atoms with van der Waals surface area (Å²) >= 11 is 0. The molecule has 5 heteroatoms. The number of rotatable bonds is 4. The van der Waals surface area contributed by atoms with E-state index in [0.717, 1.165) is 12.5 Å². The lowest BCUT2D eigenvalue weighted by molar-refractivity contribution is 0.102. The van der Waals surface area contributed by atoms with Gasteiger partial charge in [0.1, 0.15) is 17.6 Å². The monoisotopic (exact) mass is 271 g/mol. The van der Waals surface area contributed by atoms with Crippen LogP contribution in [0.15, 0.2) is 30.7 Å². The first-order valence-electron chi connectivity index (χ1n) is 6.34. The largest absolute Gasteiger partial charge is 0.325 e. The molecule has 0 aliphatic heterocycles. The van der Waals surface area contributed by atoms with Crippen LogP contribution in [0.3, 0.4) is 0 Å². The Hall–Kier alpha value is -2.48. The van der Waals surface area contributed by atoms with Crippen molar-refractivity contribution in [3.8, 4) is 6.07 Å². The zero-order valence-corrected chi connectivity index (χ0v) is 11.3. The molecule has 0 N–H and O–H groups in total. The van der Waals surface area contributed by atoms with Gasteiger partial charge in [-0.15, -0.1) is 0 Å². The molecule has 1 atom stereocenters. The van der Waals surface area contributed by atoms with Gasteiger partial charge < -0.3 is 4.57 Å². The number of ketones is 1. The first kappa shape index (κ1) is 13.9. The summed E-state index contributed by atoms with van der Waals surface area (Å²) < 4.78 is 15.1. The Kier molecular flexibility index (Phi) is 3.94. The lowest BCUT2D eigenvalue weighted by Crippen LogP contribution is -2.13. The topological polar surface area (TPSA) is 58.7 Å². The van der Waals surface area contributed by atoms with Crippen molar-refractivity contribution in [2.75, 3.05) is 0 Å². The second-order valence-electron chi connectivity index (χ2n) is 4.58. The van der Waals surface area contributed by atoms with Crippen molar-refractivity contribution in [3.05, 3.63) is 53.4 Å². The van der Waals surface area contributed by atoms with Gasteiger partial charge in [-0.1, -0.05) is 6.92 Å². The summed E-state index contributed by atoms with van der Waals surface area (Å²) in [6.07, 6.45) is 3.96. The van der Waals surface area contributed by atoms with E-state index in [2.05, 4.69) is 4.98 Å². The first-order chi connectivity index (χ1) is 9.58. The molecule has 0 radical (unpaired) electrons. The van der Waals surface area contributed by atoms with Crippen molar-refractivity contribution in [1.82, 2.24) is 9.55 Å². The van der Waals surface area contributed by atoms with E-state index in [1.807, 2.05) is 13.8 Å². The van der Waals surface area contributed by atoms with Gasteiger partial charge >= 0.3 is 0 Å². The molecule has 102 valence electrons. The number of hydrogen-bond donors (Lipinski definition) is 0. The Morgan fingerprint density at radius 2 is 2.30 bits per heavy atom. The van der Waals surface area contributed by atoms with E-state index in [1.54, 1.807) is 17.0 Å². The summed E-state index contributed by atoms with van der Waals surface area (Å²) in [4.78, 5) is 16.4. The third-order valence-corrected chi connectivity index (χ3v) is 3.31. The standard InChI is InChI=1S/C15H14FN3O/c1-3-10(2)19-9-18-8-14(19)15(20)11-4-5-13(16)12(6-11)7-17/h4-6,8-10H,3H2,1-2H3. The van der Waals surface area contributed by atoms with Gasteiger partial charge in [-0.3, -0.25) is 4.79 Å². The van der Waals surface area contributed by atoms with E-state index in [9.17, 15) is 9.18 Å². The number of imidazole rings is 1. The van der Waals surface area contributed by atoms with Crippen LogP contribution >= 0.6 is 0 Å². The number of carbonyl (C=O) groups is 1. The number of nitrogens with zero attached hydrogens (tertiary/aromatic N) is 3. The van der Waals surface area contributed by atoms with Crippen molar-refractivity contribution < 1.29 is 9.18 Å². The summed E-state index contributed by atoms with van der Waals surface area (Å²) in [6.45, 7) is 4.01. The summed E-state index contributed by atoms with van der Waals surface area (Å²) in [5.41, 5.74) is 0.591. The molecule has 0 aliphatic carbocycles. The van der Waals surface area contributed by atoms with Crippen LogP contribution in [0.1, 0.15) is 47.9 Å². The maximum Gasteiger partial charge on any atom is 0.211 e. The van der Waals surface area contributed by atoms with Crippen LogP contribution in [0.5, 0.6) is 0 Å². The molecule has 0 bridgehead atoms. The average molecular weight is 271 g/mol. The molecule has 1 heterocycles. The van der Waals surface area contributed by atoms with Gasteiger partial charge in [0.25, 0.3) is 0 Å². The maximum atomic E-state index is 13.3. The molecule has 2 aromatic rings. The fourth-order valence-electron chi connectivity index (χ4n) is 1.93. The molecule has 0 amide bonds. The van der Waals surface area contributed by atoms with Crippen LogP contribution in [0, 0.1) is 17.1 Å². The molecular weight excluding hydrogens is 257 g/mol. The van der Waals surface area contributed by atoms with E-state index >= 15 is 0 Å². The quantitative estimate of drug-likeness (QED) is 0.803. The smallest absolute Gasteiger partial charge is 0.211 e. The van der Waals surface area contributed by atoms with E-state index < -0.39 is 5.82 Å². The zero-order chi connectivity index (χ0) is 14.7. The molecule has 0 saturated carbocycles. The van der Waals surface area contributed by atoms with Gasteiger partial charge in [0.2, 0.25) is 5.78 Å². The van der Waals surface area contributed by atoms with Gasteiger partial charge in [0, 0.05) is 11.6 Å². The Morgan fingerprint density at radius 1 is 1.55 bits per heavy atom. The van der Waals surface area contributed by atoms with E-state index in [1.165, 1.54) is 18.3 Å². The highest BCUT2D eigenvalue weighted by molar-refractivity contribution is 6.08. The number of carbonyl (C=O) groups excluding carboxylic acids is 1. The number of aromatic nitrogens is 2. The first-order valence-corrected chi connectivity index (χ1v) is 6.34. The molecule has 0 saturated heterocycles. The molecule has 20 heavy (non-hydrogen) atoms. The second-order valence-corrected chi connectivity index (χ2v) is 4.58. The lowest BCUT2D eigenvalue weighted by Gasteiger charge is -2.13. The summed E-state index contributed by atoms with van der Waals surface area (Å²) in [7, 11) is 0. The predicted octanol–water partition coefficient (Wildman–Crippen LogP) is 3.10. The predicted molar refractivity (Wildman–Crippen MR) is 71.8 cm³/mol. The summed E-state index contributed by atoms with van der Waals surface area (Å²) in [5, 5.41) is 8.82. The van der Waals surface area contributed by atoms with Crippen LogP contribution in [0.25, 0.3) is 0 Å². The molecule has 4 nitrogen and oxygen atoms in total. The van der Waals surface area contributed by atoms with E-state index in [0.29, 0.717) is 5.69 Å². The Labute approximate surface area is 116 Å². The maximum absolute atomic E-state index is 13.3. The van der Waals surface area contributed by atoms with Crippen LogP contribution in [0.2, 0.25) is 0 Å². The van der Waals surface area contributed by atoms with Crippen LogP contribution in [-0.2, 0) is 0 Å². The molecule has 1 aromatic carbocycles. The highest BCUT2D eigenvalue weighted by Gasteiger charge is 2.18. The fourth-order valence-corrected chi connectivity index (χ4v) is 1.93. The Bertz CT molecular complexity index is 685. The number of nitriles is 1. The van der Waals surface area contributed by atoms with Gasteiger partial charge in [-0.2, -0.15) is 5.26 Å². The fraction of sp³-hybridized carbons (Fsp3) is 0.267. The van der Waals surface area contributed by atoms with E-state index in [-0.39, 0.29) is 23.0 Å². The normalized spacial score (nSPS) is 11.9. The minimum atomic E-state index is -0.625. The van der Waals surface area contributed by atoms with Crippen molar-refractivity contribution >= 4 is 5.78 Å². The van der Waals surface area contributed by atoms with Crippen molar-refractivity contribution in [2.24, 2.45) is 0 Å². The molecule has 0 spiro atoms. The average Bonchev–Trinajstić information content (AvgIpc) is 2.95. The van der Waals surface area contributed by atoms with Crippen LogP contribution in [-0.4, -0.2) is 15.3 Å². The van der Waals surface area contributed by atoms with Crippen LogP contribution in [0.4, 0.5) is 4.39 Å².